The number of likely N-dealkylation sites (tertiary alicyclic amines) is 1. The summed E-state index contributed by atoms with van der Waals surface area (Å²) in [6.07, 6.45) is -3.30. The summed E-state index contributed by atoms with van der Waals surface area (Å²) in [7, 11) is 0. The monoisotopic (exact) mass is 253 g/mol. The minimum Gasteiger partial charge on any atom is -0.369 e. The number of nitrogens with zero attached hydrogens (tertiary/aromatic N) is 1. The van der Waals surface area contributed by atoms with Crippen LogP contribution in [-0.2, 0) is 4.79 Å². The number of halogens is 3. The second-order valence-corrected chi connectivity index (χ2v) is 4.52. The van der Waals surface area contributed by atoms with E-state index in [0.29, 0.717) is 12.8 Å². The van der Waals surface area contributed by atoms with Gasteiger partial charge >= 0.3 is 6.18 Å². The Balaban J connectivity index is 2.81. The van der Waals surface area contributed by atoms with Crippen LogP contribution < -0.4 is 11.5 Å². The van der Waals surface area contributed by atoms with E-state index in [1.165, 1.54) is 4.90 Å². The largest absolute Gasteiger partial charge is 0.405 e. The molecule has 4 nitrogen and oxygen atoms in total. The fraction of sp³-hybridized carbons (Fsp3) is 0.900. The summed E-state index contributed by atoms with van der Waals surface area (Å²) in [4.78, 5) is 12.3. The number of hydrogen-bond acceptors (Lipinski definition) is 3. The zero-order chi connectivity index (χ0) is 13.2. The van der Waals surface area contributed by atoms with Crippen molar-refractivity contribution >= 4 is 5.91 Å². The minimum absolute atomic E-state index is 0.0396. The van der Waals surface area contributed by atoms with Gasteiger partial charge in [0.1, 0.15) is 6.04 Å². The zero-order valence-electron chi connectivity index (χ0n) is 9.70. The highest BCUT2D eigenvalue weighted by atomic mass is 19.4. The van der Waals surface area contributed by atoms with Crippen molar-refractivity contribution in [3.63, 3.8) is 0 Å². The molecule has 17 heavy (non-hydrogen) atoms. The van der Waals surface area contributed by atoms with Crippen LogP contribution >= 0.6 is 0 Å². The lowest BCUT2D eigenvalue weighted by molar-refractivity contribution is -0.191. The molecule has 0 aromatic heterocycles. The van der Waals surface area contributed by atoms with E-state index in [0.717, 1.165) is 0 Å². The Labute approximate surface area is 98.1 Å². The van der Waals surface area contributed by atoms with E-state index in [1.807, 2.05) is 0 Å². The number of nitrogens with two attached hydrogens (primary N) is 2. The molecule has 0 saturated carbocycles. The van der Waals surface area contributed by atoms with Crippen molar-refractivity contribution < 1.29 is 18.0 Å². The summed E-state index contributed by atoms with van der Waals surface area (Å²) in [5, 5.41) is 0. The molecule has 0 aliphatic carbocycles. The molecule has 1 saturated heterocycles. The van der Waals surface area contributed by atoms with E-state index in [4.69, 9.17) is 11.5 Å². The summed E-state index contributed by atoms with van der Waals surface area (Å²) in [6.45, 7) is 1.25. The number of carbonyl (C=O) groups is 1. The summed E-state index contributed by atoms with van der Waals surface area (Å²) < 4.78 is 38.3. The maximum absolute atomic E-state index is 12.8. The summed E-state index contributed by atoms with van der Waals surface area (Å²) in [5.74, 6) is -1.05. The van der Waals surface area contributed by atoms with Crippen molar-refractivity contribution in [2.24, 2.45) is 17.4 Å². The molecule has 1 aliphatic heterocycles. The van der Waals surface area contributed by atoms with E-state index in [2.05, 4.69) is 0 Å². The predicted octanol–water partition coefficient (Wildman–Crippen LogP) is 0.462. The van der Waals surface area contributed by atoms with E-state index < -0.39 is 30.6 Å². The highest BCUT2D eigenvalue weighted by Gasteiger charge is 2.46. The lowest BCUT2D eigenvalue weighted by Crippen LogP contribution is -2.58. The van der Waals surface area contributed by atoms with Crippen molar-refractivity contribution in [3.05, 3.63) is 0 Å². The Morgan fingerprint density at radius 2 is 2.06 bits per heavy atom. The average Bonchev–Trinajstić information content (AvgIpc) is 2.19. The zero-order valence-corrected chi connectivity index (χ0v) is 9.70. The van der Waals surface area contributed by atoms with Crippen LogP contribution in [0.5, 0.6) is 0 Å². The van der Waals surface area contributed by atoms with Crippen LogP contribution in [0.4, 0.5) is 13.2 Å². The standard InChI is InChI=1S/C10H18F3N3O/c1-6-2-3-7(9(15)17)5-16(6)8(4-14)10(11,12)13/h6-8H,2-5,14H2,1H3,(H2,15,17). The van der Waals surface area contributed by atoms with Crippen LogP contribution in [0.15, 0.2) is 0 Å². The molecular formula is C10H18F3N3O. The first-order chi connectivity index (χ1) is 7.77. The van der Waals surface area contributed by atoms with Gasteiger partial charge in [-0.15, -0.1) is 0 Å². The molecule has 1 heterocycles. The van der Waals surface area contributed by atoms with Crippen molar-refractivity contribution in [1.29, 1.82) is 0 Å². The lowest BCUT2D eigenvalue weighted by atomic mass is 9.91. The van der Waals surface area contributed by atoms with Crippen molar-refractivity contribution in [2.75, 3.05) is 13.1 Å². The Morgan fingerprint density at radius 3 is 2.47 bits per heavy atom. The van der Waals surface area contributed by atoms with Crippen molar-refractivity contribution in [2.45, 2.75) is 38.0 Å². The third-order valence-corrected chi connectivity index (χ3v) is 3.33. The van der Waals surface area contributed by atoms with Gasteiger partial charge in [0.05, 0.1) is 5.92 Å². The van der Waals surface area contributed by atoms with Crippen molar-refractivity contribution in [3.8, 4) is 0 Å². The van der Waals surface area contributed by atoms with Crippen LogP contribution in [0.25, 0.3) is 0 Å². The number of rotatable bonds is 3. The van der Waals surface area contributed by atoms with E-state index in [1.54, 1.807) is 6.92 Å². The third kappa shape index (κ3) is 3.32. The molecule has 1 aliphatic rings. The third-order valence-electron chi connectivity index (χ3n) is 3.33. The highest BCUT2D eigenvalue weighted by Crippen LogP contribution is 2.31. The Kier molecular flexibility index (Phi) is 4.37. The highest BCUT2D eigenvalue weighted by molar-refractivity contribution is 5.77. The van der Waals surface area contributed by atoms with E-state index in [9.17, 15) is 18.0 Å². The van der Waals surface area contributed by atoms with E-state index in [-0.39, 0.29) is 12.6 Å². The van der Waals surface area contributed by atoms with Gasteiger partial charge in [-0.3, -0.25) is 9.69 Å². The van der Waals surface area contributed by atoms with Crippen LogP contribution in [0.3, 0.4) is 0 Å². The number of piperidine rings is 1. The average molecular weight is 253 g/mol. The molecule has 1 fully saturated rings. The van der Waals surface area contributed by atoms with Crippen LogP contribution in [0.2, 0.25) is 0 Å². The Bertz CT molecular complexity index is 282. The van der Waals surface area contributed by atoms with Gasteiger partial charge in [0, 0.05) is 19.1 Å². The van der Waals surface area contributed by atoms with Gasteiger partial charge in [0.15, 0.2) is 0 Å². The SMILES string of the molecule is CC1CCC(C(N)=O)CN1C(CN)C(F)(F)F. The van der Waals surface area contributed by atoms with Gasteiger partial charge in [0.2, 0.25) is 5.91 Å². The molecule has 0 spiro atoms. The fourth-order valence-electron chi connectivity index (χ4n) is 2.26. The Hall–Kier alpha value is -0.820. The maximum atomic E-state index is 12.8. The molecular weight excluding hydrogens is 235 g/mol. The second kappa shape index (κ2) is 5.22. The van der Waals surface area contributed by atoms with Crippen LogP contribution in [-0.4, -0.2) is 42.2 Å². The van der Waals surface area contributed by atoms with E-state index >= 15 is 0 Å². The smallest absolute Gasteiger partial charge is 0.369 e. The predicted molar refractivity (Wildman–Crippen MR) is 57.0 cm³/mol. The summed E-state index contributed by atoms with van der Waals surface area (Å²) >= 11 is 0. The molecule has 0 aromatic rings. The molecule has 7 heteroatoms. The molecule has 3 unspecified atom stereocenters. The molecule has 1 amide bonds. The van der Waals surface area contributed by atoms with Gasteiger partial charge in [-0.05, 0) is 19.8 Å². The first-order valence-electron chi connectivity index (χ1n) is 5.59. The van der Waals surface area contributed by atoms with Crippen LogP contribution in [0.1, 0.15) is 19.8 Å². The van der Waals surface area contributed by atoms with Gasteiger partial charge in [-0.1, -0.05) is 0 Å². The van der Waals surface area contributed by atoms with Gasteiger partial charge < -0.3 is 11.5 Å². The number of hydrogen-bond donors (Lipinski definition) is 2. The number of primary amides is 1. The van der Waals surface area contributed by atoms with Gasteiger partial charge in [-0.25, -0.2) is 0 Å². The topological polar surface area (TPSA) is 72.4 Å². The molecule has 0 bridgehead atoms. The normalized spacial score (nSPS) is 29.0. The first kappa shape index (κ1) is 14.2. The molecule has 100 valence electrons. The number of carbonyl (C=O) groups excluding carboxylic acids is 1. The van der Waals surface area contributed by atoms with Gasteiger partial charge in [-0.2, -0.15) is 13.2 Å². The Morgan fingerprint density at radius 1 is 1.47 bits per heavy atom. The second-order valence-electron chi connectivity index (χ2n) is 4.52. The van der Waals surface area contributed by atoms with Crippen molar-refractivity contribution in [1.82, 2.24) is 4.90 Å². The van der Waals surface area contributed by atoms with Crippen LogP contribution in [0, 0.1) is 5.92 Å². The maximum Gasteiger partial charge on any atom is 0.405 e. The quantitative estimate of drug-likeness (QED) is 0.767. The fourth-order valence-corrected chi connectivity index (χ4v) is 2.26. The minimum atomic E-state index is -4.37. The first-order valence-corrected chi connectivity index (χ1v) is 5.59. The number of alkyl halides is 3. The molecule has 1 rings (SSSR count). The summed E-state index contributed by atoms with van der Waals surface area (Å²) in [5.41, 5.74) is 10.3. The van der Waals surface area contributed by atoms with Gasteiger partial charge in [0.25, 0.3) is 0 Å². The summed E-state index contributed by atoms with van der Waals surface area (Å²) in [6, 6.07) is -1.93. The lowest BCUT2D eigenvalue weighted by Gasteiger charge is -2.42. The molecule has 0 aromatic carbocycles. The molecule has 0 radical (unpaired) electrons. The molecule has 4 N–H and O–H groups in total. The number of amides is 1. The molecule has 3 atom stereocenters.